The van der Waals surface area contributed by atoms with Crippen LogP contribution in [0.4, 0.5) is 13.2 Å². The number of halogens is 3. The Morgan fingerprint density at radius 2 is 1.81 bits per heavy atom. The van der Waals surface area contributed by atoms with Gasteiger partial charge >= 0.3 is 6.36 Å². The number of hydrogen-bond acceptors (Lipinski definition) is 5. The number of carbonyl (C=O) groups excluding carboxylic acids is 2. The molecule has 1 aromatic carbocycles. The highest BCUT2D eigenvalue weighted by Crippen LogP contribution is 2.29. The van der Waals surface area contributed by atoms with Crippen LogP contribution in [0.25, 0.3) is 0 Å². The van der Waals surface area contributed by atoms with E-state index in [1.807, 2.05) is 6.07 Å². The fourth-order valence-corrected chi connectivity index (χ4v) is 3.48. The number of nitrogens with one attached hydrogen (secondary N) is 2. The molecule has 0 heterocycles. The highest BCUT2D eigenvalue weighted by Gasteiger charge is 2.33. The fourth-order valence-electron chi connectivity index (χ4n) is 3.48. The summed E-state index contributed by atoms with van der Waals surface area (Å²) in [7, 11) is 0. The molecule has 1 aromatic rings. The molecule has 10 heteroatoms. The summed E-state index contributed by atoms with van der Waals surface area (Å²) in [6, 6.07) is 7.31. The molecule has 0 bridgehead atoms. The summed E-state index contributed by atoms with van der Waals surface area (Å²) in [5.41, 5.74) is -0.673. The van der Waals surface area contributed by atoms with Gasteiger partial charge in [-0.3, -0.25) is 9.59 Å². The Hall–Kier alpha value is -3.27. The lowest BCUT2D eigenvalue weighted by atomic mass is 9.83. The van der Waals surface area contributed by atoms with Gasteiger partial charge in [0.05, 0.1) is 23.1 Å². The van der Waals surface area contributed by atoms with E-state index in [9.17, 15) is 22.8 Å². The number of amides is 2. The average molecular weight is 450 g/mol. The lowest BCUT2D eigenvalue weighted by Gasteiger charge is -2.31. The molecule has 0 unspecified atom stereocenters. The van der Waals surface area contributed by atoms with Crippen LogP contribution < -0.4 is 15.4 Å². The molecule has 0 atom stereocenters. The van der Waals surface area contributed by atoms with Gasteiger partial charge in [-0.25, -0.2) is 0 Å². The van der Waals surface area contributed by atoms with Crippen LogP contribution in [-0.2, 0) is 16.1 Å². The van der Waals surface area contributed by atoms with Crippen molar-refractivity contribution in [3.8, 4) is 17.9 Å². The molecule has 172 valence electrons. The molecule has 1 fully saturated rings. The number of rotatable bonds is 7. The molecule has 1 aliphatic carbocycles. The largest absolute Gasteiger partial charge is 0.573 e. The first kappa shape index (κ1) is 25.0. The Morgan fingerprint density at radius 3 is 2.38 bits per heavy atom. The first-order chi connectivity index (χ1) is 14.9. The molecule has 0 spiro atoms. The van der Waals surface area contributed by atoms with E-state index < -0.39 is 17.5 Å². The number of alkyl halides is 3. The zero-order chi connectivity index (χ0) is 23.9. The molecule has 1 saturated carbocycles. The lowest BCUT2D eigenvalue weighted by Crippen LogP contribution is -2.45. The van der Waals surface area contributed by atoms with E-state index >= 15 is 0 Å². The summed E-state index contributed by atoms with van der Waals surface area (Å²) in [5.74, 6) is -1.34. The van der Waals surface area contributed by atoms with E-state index in [1.165, 1.54) is 12.1 Å². The van der Waals surface area contributed by atoms with Crippen LogP contribution in [0.2, 0.25) is 0 Å². The van der Waals surface area contributed by atoms with Crippen molar-refractivity contribution < 1.29 is 27.5 Å². The number of hydrogen-bond donors (Lipinski definition) is 2. The molecular formula is C22H25F3N4O3. The Morgan fingerprint density at radius 1 is 1.16 bits per heavy atom. The minimum Gasteiger partial charge on any atom is -0.405 e. The van der Waals surface area contributed by atoms with Gasteiger partial charge in [0, 0.05) is 30.5 Å². The Balaban J connectivity index is 1.90. The summed E-state index contributed by atoms with van der Waals surface area (Å²) in [4.78, 5) is 24.8. The highest BCUT2D eigenvalue weighted by molar-refractivity contribution is 5.82. The van der Waals surface area contributed by atoms with Crippen LogP contribution in [0, 0.1) is 34.0 Å². The van der Waals surface area contributed by atoms with E-state index in [0.717, 1.165) is 6.07 Å². The normalized spacial score (nSPS) is 18.7. The molecule has 0 saturated heterocycles. The van der Waals surface area contributed by atoms with Gasteiger partial charge in [-0.05, 0) is 37.8 Å². The van der Waals surface area contributed by atoms with Crippen molar-refractivity contribution in [2.75, 3.05) is 0 Å². The standard InChI is InChI=1S/C22H25F3N4O3/c1-21(2,9-10-26)20(31)29-17-7-5-15(6-8-17)19(30)28-13-16-4-3-14(12-27)11-18(16)32-22(23,24)25/h3-4,11,15,17H,5-9,13H2,1-2H3,(H,28,30)(H,29,31). The van der Waals surface area contributed by atoms with E-state index in [0.29, 0.717) is 25.7 Å². The quantitative estimate of drug-likeness (QED) is 0.658. The molecule has 7 nitrogen and oxygen atoms in total. The first-order valence-electron chi connectivity index (χ1n) is 10.2. The summed E-state index contributed by atoms with van der Waals surface area (Å²) >= 11 is 0. The molecular weight excluding hydrogens is 425 g/mol. The van der Waals surface area contributed by atoms with Crippen LogP contribution in [0.5, 0.6) is 5.75 Å². The minimum absolute atomic E-state index is 0.0117. The Kier molecular flexibility index (Phi) is 8.09. The smallest absolute Gasteiger partial charge is 0.405 e. The second kappa shape index (κ2) is 10.4. The second-order valence-corrected chi connectivity index (χ2v) is 8.44. The first-order valence-corrected chi connectivity index (χ1v) is 10.2. The lowest BCUT2D eigenvalue weighted by molar-refractivity contribution is -0.274. The zero-order valence-electron chi connectivity index (χ0n) is 17.9. The summed E-state index contributed by atoms with van der Waals surface area (Å²) in [5, 5.41) is 23.3. The van der Waals surface area contributed by atoms with Gasteiger partial charge in [-0.15, -0.1) is 13.2 Å². The van der Waals surface area contributed by atoms with Gasteiger partial charge in [-0.2, -0.15) is 10.5 Å². The van der Waals surface area contributed by atoms with Crippen LogP contribution in [0.15, 0.2) is 18.2 Å². The van der Waals surface area contributed by atoms with Gasteiger partial charge < -0.3 is 15.4 Å². The van der Waals surface area contributed by atoms with Crippen LogP contribution in [-0.4, -0.2) is 24.2 Å². The van der Waals surface area contributed by atoms with Crippen molar-refractivity contribution in [1.82, 2.24) is 10.6 Å². The monoisotopic (exact) mass is 450 g/mol. The predicted octanol–water partition coefficient (Wildman–Crippen LogP) is 3.69. The minimum atomic E-state index is -4.92. The third-order valence-electron chi connectivity index (χ3n) is 5.44. The van der Waals surface area contributed by atoms with E-state index in [1.54, 1.807) is 19.9 Å². The van der Waals surface area contributed by atoms with Crippen molar-refractivity contribution in [2.24, 2.45) is 11.3 Å². The molecule has 0 aliphatic heterocycles. The van der Waals surface area contributed by atoms with E-state index in [-0.39, 0.29) is 47.9 Å². The molecule has 2 amide bonds. The van der Waals surface area contributed by atoms with Gasteiger partial charge in [0.15, 0.2) is 0 Å². The van der Waals surface area contributed by atoms with Gasteiger partial charge in [-0.1, -0.05) is 19.9 Å². The van der Waals surface area contributed by atoms with Crippen molar-refractivity contribution >= 4 is 11.8 Å². The fraction of sp³-hybridized carbons (Fsp3) is 0.545. The topological polar surface area (TPSA) is 115 Å². The van der Waals surface area contributed by atoms with Crippen LogP contribution in [0.1, 0.15) is 57.1 Å². The average Bonchev–Trinajstić information content (AvgIpc) is 2.71. The number of nitrogens with zero attached hydrogens (tertiary/aromatic N) is 2. The molecule has 2 N–H and O–H groups in total. The summed E-state index contributed by atoms with van der Waals surface area (Å²) in [6.07, 6.45) is -2.59. The third-order valence-corrected chi connectivity index (χ3v) is 5.44. The maximum Gasteiger partial charge on any atom is 0.573 e. The molecule has 2 rings (SSSR count). The molecule has 0 radical (unpaired) electrons. The summed E-state index contributed by atoms with van der Waals surface area (Å²) in [6.45, 7) is 3.23. The van der Waals surface area contributed by atoms with E-state index in [2.05, 4.69) is 15.4 Å². The van der Waals surface area contributed by atoms with Gasteiger partial charge in [0.1, 0.15) is 5.75 Å². The maximum absolute atomic E-state index is 12.7. The SMILES string of the molecule is CC(C)(CC#N)C(=O)NC1CCC(C(=O)NCc2ccc(C#N)cc2OC(F)(F)F)CC1. The van der Waals surface area contributed by atoms with Crippen molar-refractivity contribution in [1.29, 1.82) is 10.5 Å². The van der Waals surface area contributed by atoms with Crippen LogP contribution >= 0.6 is 0 Å². The predicted molar refractivity (Wildman–Crippen MR) is 108 cm³/mol. The molecule has 1 aliphatic rings. The van der Waals surface area contributed by atoms with E-state index in [4.69, 9.17) is 10.5 Å². The molecule has 32 heavy (non-hydrogen) atoms. The zero-order valence-corrected chi connectivity index (χ0v) is 17.9. The molecule has 0 aromatic heterocycles. The number of nitriles is 2. The van der Waals surface area contributed by atoms with Gasteiger partial charge in [0.25, 0.3) is 0 Å². The van der Waals surface area contributed by atoms with Crippen molar-refractivity contribution in [2.45, 2.75) is 64.9 Å². The Labute approximate surface area is 184 Å². The Bertz CT molecular complexity index is 924. The number of benzene rings is 1. The summed E-state index contributed by atoms with van der Waals surface area (Å²) < 4.78 is 41.9. The second-order valence-electron chi connectivity index (χ2n) is 8.44. The van der Waals surface area contributed by atoms with Crippen molar-refractivity contribution in [3.63, 3.8) is 0 Å². The number of carbonyl (C=O) groups is 2. The van der Waals surface area contributed by atoms with Crippen molar-refractivity contribution in [3.05, 3.63) is 29.3 Å². The maximum atomic E-state index is 12.7. The highest BCUT2D eigenvalue weighted by atomic mass is 19.4. The number of ether oxygens (including phenoxy) is 1. The van der Waals surface area contributed by atoms with Gasteiger partial charge in [0.2, 0.25) is 11.8 Å². The third kappa shape index (κ3) is 7.16. The van der Waals surface area contributed by atoms with Crippen LogP contribution in [0.3, 0.4) is 0 Å².